The molecule has 5 heteroatoms. The summed E-state index contributed by atoms with van der Waals surface area (Å²) >= 11 is 0. The lowest BCUT2D eigenvalue weighted by Crippen LogP contribution is -2.33. The van der Waals surface area contributed by atoms with Gasteiger partial charge in [-0.2, -0.15) is 0 Å². The van der Waals surface area contributed by atoms with Crippen molar-refractivity contribution in [3.05, 3.63) is 18.1 Å². The summed E-state index contributed by atoms with van der Waals surface area (Å²) in [6, 6.07) is 0. The summed E-state index contributed by atoms with van der Waals surface area (Å²) < 4.78 is 12.2. The monoisotopic (exact) mass is 225 g/mol. The zero-order valence-corrected chi connectivity index (χ0v) is 9.59. The van der Waals surface area contributed by atoms with E-state index in [0.29, 0.717) is 5.03 Å². The maximum Gasteiger partial charge on any atom is 0.148 e. The minimum Gasteiger partial charge on any atom is -0.317 e. The van der Waals surface area contributed by atoms with E-state index in [9.17, 15) is 4.21 Å². The number of hydrogen-bond donors (Lipinski definition) is 1. The molecular weight excluding hydrogens is 210 g/mol. The van der Waals surface area contributed by atoms with Gasteiger partial charge in [0.2, 0.25) is 0 Å². The highest BCUT2D eigenvalue weighted by atomic mass is 32.2. The van der Waals surface area contributed by atoms with Crippen LogP contribution in [0.25, 0.3) is 0 Å². The predicted molar refractivity (Wildman–Crippen MR) is 59.1 cm³/mol. The minimum atomic E-state index is -0.995. The van der Waals surface area contributed by atoms with E-state index < -0.39 is 10.8 Å². The largest absolute Gasteiger partial charge is 0.317 e. The van der Waals surface area contributed by atoms with Crippen molar-refractivity contribution in [2.45, 2.75) is 30.0 Å². The second-order valence-corrected chi connectivity index (χ2v) is 5.34. The van der Waals surface area contributed by atoms with E-state index in [1.54, 1.807) is 12.4 Å². The van der Waals surface area contributed by atoms with Crippen LogP contribution < -0.4 is 5.32 Å². The lowest BCUT2D eigenvalue weighted by molar-refractivity contribution is 0.518. The van der Waals surface area contributed by atoms with Crippen molar-refractivity contribution in [3.63, 3.8) is 0 Å². The molecule has 0 unspecified atom stereocenters. The van der Waals surface area contributed by atoms with E-state index in [0.717, 1.165) is 31.6 Å². The highest BCUT2D eigenvalue weighted by molar-refractivity contribution is 7.85. The Morgan fingerprint density at radius 1 is 1.33 bits per heavy atom. The van der Waals surface area contributed by atoms with Gasteiger partial charge in [-0.05, 0) is 32.9 Å². The summed E-state index contributed by atoms with van der Waals surface area (Å²) in [5.74, 6) is 0. The molecule has 1 atom stereocenters. The molecule has 2 heterocycles. The van der Waals surface area contributed by atoms with Crippen LogP contribution in [0.5, 0.6) is 0 Å². The number of hydrogen-bond acceptors (Lipinski definition) is 4. The molecule has 1 saturated heterocycles. The van der Waals surface area contributed by atoms with Gasteiger partial charge in [0.1, 0.15) is 5.03 Å². The van der Waals surface area contributed by atoms with Gasteiger partial charge in [0, 0.05) is 17.6 Å². The van der Waals surface area contributed by atoms with Crippen molar-refractivity contribution in [1.82, 2.24) is 15.3 Å². The Morgan fingerprint density at radius 2 is 2.00 bits per heavy atom. The molecule has 0 amide bonds. The highest BCUT2D eigenvalue weighted by Crippen LogP contribution is 2.17. The second kappa shape index (κ2) is 4.81. The van der Waals surface area contributed by atoms with Gasteiger partial charge in [-0.25, -0.2) is 4.98 Å². The number of nitrogens with zero attached hydrogens (tertiary/aromatic N) is 2. The third-order valence-corrected chi connectivity index (χ3v) is 4.47. The Hall–Kier alpha value is -0.810. The van der Waals surface area contributed by atoms with Crippen molar-refractivity contribution in [2.24, 2.45) is 0 Å². The van der Waals surface area contributed by atoms with Crippen LogP contribution in [-0.2, 0) is 10.8 Å². The first kappa shape index (κ1) is 10.7. The number of aryl methyl sites for hydroxylation is 1. The van der Waals surface area contributed by atoms with Crippen molar-refractivity contribution < 1.29 is 4.21 Å². The Balaban J connectivity index is 2.16. The first-order chi connectivity index (χ1) is 7.29. The number of nitrogens with one attached hydrogen (secondary N) is 1. The van der Waals surface area contributed by atoms with Gasteiger partial charge in [-0.15, -0.1) is 0 Å². The molecular formula is C10H15N3OS. The van der Waals surface area contributed by atoms with Crippen LogP contribution in [0.1, 0.15) is 18.5 Å². The normalized spacial score (nSPS) is 20.1. The van der Waals surface area contributed by atoms with E-state index in [-0.39, 0.29) is 5.25 Å². The van der Waals surface area contributed by atoms with Crippen LogP contribution in [0.4, 0.5) is 0 Å². The summed E-state index contributed by atoms with van der Waals surface area (Å²) in [7, 11) is -0.995. The average molecular weight is 225 g/mol. The van der Waals surface area contributed by atoms with E-state index in [1.165, 1.54) is 0 Å². The molecule has 15 heavy (non-hydrogen) atoms. The molecule has 0 radical (unpaired) electrons. The van der Waals surface area contributed by atoms with Crippen LogP contribution in [0.15, 0.2) is 17.4 Å². The number of aromatic nitrogens is 2. The minimum absolute atomic E-state index is 0.238. The molecule has 82 valence electrons. The Morgan fingerprint density at radius 3 is 2.67 bits per heavy atom. The van der Waals surface area contributed by atoms with Gasteiger partial charge >= 0.3 is 0 Å². The molecule has 0 saturated carbocycles. The molecule has 2 rings (SSSR count). The van der Waals surface area contributed by atoms with Gasteiger partial charge in [0.15, 0.2) is 0 Å². The molecule has 0 aromatic carbocycles. The second-order valence-electron chi connectivity index (χ2n) is 3.69. The van der Waals surface area contributed by atoms with Crippen LogP contribution in [0, 0.1) is 6.92 Å². The molecule has 1 aromatic rings. The molecule has 0 bridgehead atoms. The Labute approximate surface area is 92.0 Å². The Bertz CT molecular complexity index is 363. The fraction of sp³-hybridized carbons (Fsp3) is 0.600. The first-order valence-corrected chi connectivity index (χ1v) is 6.39. The lowest BCUT2D eigenvalue weighted by Gasteiger charge is -2.21. The number of rotatable bonds is 2. The van der Waals surface area contributed by atoms with Gasteiger partial charge < -0.3 is 5.32 Å². The van der Waals surface area contributed by atoms with E-state index in [1.807, 2.05) is 6.92 Å². The molecule has 4 nitrogen and oxygen atoms in total. The zero-order valence-electron chi connectivity index (χ0n) is 8.77. The standard InChI is InChI=1S/C10H15N3OS/c1-8-10(13-7-6-12-8)15(14)9-2-4-11-5-3-9/h6-7,9,11H,2-5H2,1H3/t15-/m0/s1. The zero-order chi connectivity index (χ0) is 10.7. The van der Waals surface area contributed by atoms with Gasteiger partial charge in [-0.1, -0.05) is 0 Å². The van der Waals surface area contributed by atoms with E-state index >= 15 is 0 Å². The van der Waals surface area contributed by atoms with Crippen LogP contribution in [-0.4, -0.2) is 32.5 Å². The van der Waals surface area contributed by atoms with Crippen LogP contribution in [0.2, 0.25) is 0 Å². The highest BCUT2D eigenvalue weighted by Gasteiger charge is 2.23. The van der Waals surface area contributed by atoms with E-state index in [2.05, 4.69) is 15.3 Å². The molecule has 1 aliphatic heterocycles. The SMILES string of the molecule is Cc1nccnc1[S@@](=O)C1CCNCC1. The maximum absolute atomic E-state index is 12.2. The maximum atomic E-state index is 12.2. The van der Waals surface area contributed by atoms with Gasteiger partial charge in [-0.3, -0.25) is 9.19 Å². The van der Waals surface area contributed by atoms with Crippen LogP contribution in [0.3, 0.4) is 0 Å². The fourth-order valence-electron chi connectivity index (χ4n) is 1.76. The molecule has 1 fully saturated rings. The van der Waals surface area contributed by atoms with Crippen molar-refractivity contribution in [2.75, 3.05) is 13.1 Å². The van der Waals surface area contributed by atoms with Gasteiger partial charge in [0.25, 0.3) is 0 Å². The molecule has 1 N–H and O–H groups in total. The summed E-state index contributed by atoms with van der Waals surface area (Å²) in [5, 5.41) is 4.16. The predicted octanol–water partition coefficient (Wildman–Crippen LogP) is 0.645. The Kier molecular flexibility index (Phi) is 3.43. The van der Waals surface area contributed by atoms with Gasteiger partial charge in [0.05, 0.1) is 16.5 Å². The summed E-state index contributed by atoms with van der Waals surface area (Å²) in [6.07, 6.45) is 5.17. The molecule has 1 aromatic heterocycles. The lowest BCUT2D eigenvalue weighted by atomic mass is 10.2. The summed E-state index contributed by atoms with van der Waals surface area (Å²) in [4.78, 5) is 8.29. The first-order valence-electron chi connectivity index (χ1n) is 5.18. The molecule has 1 aliphatic rings. The average Bonchev–Trinajstić information content (AvgIpc) is 2.30. The van der Waals surface area contributed by atoms with E-state index in [4.69, 9.17) is 0 Å². The third kappa shape index (κ3) is 2.41. The molecule has 0 aliphatic carbocycles. The molecule has 0 spiro atoms. The quantitative estimate of drug-likeness (QED) is 0.802. The topological polar surface area (TPSA) is 54.9 Å². The number of piperidine rings is 1. The van der Waals surface area contributed by atoms with Crippen molar-refractivity contribution >= 4 is 10.8 Å². The smallest absolute Gasteiger partial charge is 0.148 e. The third-order valence-electron chi connectivity index (χ3n) is 2.62. The fourth-order valence-corrected chi connectivity index (χ4v) is 3.25. The van der Waals surface area contributed by atoms with Crippen LogP contribution >= 0.6 is 0 Å². The summed E-state index contributed by atoms with van der Waals surface area (Å²) in [6.45, 7) is 3.77. The van der Waals surface area contributed by atoms with Crippen molar-refractivity contribution in [3.8, 4) is 0 Å². The van der Waals surface area contributed by atoms with Crippen molar-refractivity contribution in [1.29, 1.82) is 0 Å². The summed E-state index contributed by atoms with van der Waals surface area (Å²) in [5.41, 5.74) is 0.786.